The van der Waals surface area contributed by atoms with Gasteiger partial charge in [0, 0.05) is 20.1 Å². The van der Waals surface area contributed by atoms with E-state index in [0.29, 0.717) is 31.0 Å². The minimum atomic E-state index is -0.436. The summed E-state index contributed by atoms with van der Waals surface area (Å²) in [4.78, 5) is 4.51. The van der Waals surface area contributed by atoms with Crippen LogP contribution in [0.5, 0.6) is 0 Å². The Hall–Kier alpha value is -1.78. The van der Waals surface area contributed by atoms with Crippen LogP contribution in [0.15, 0.2) is 23.2 Å². The molecule has 0 aliphatic heterocycles. The van der Waals surface area contributed by atoms with Crippen LogP contribution < -0.4 is 10.6 Å². The molecule has 0 aliphatic carbocycles. The summed E-state index contributed by atoms with van der Waals surface area (Å²) in [6.45, 7) is 5.60. The fraction of sp³-hybridized carbons (Fsp3) is 0.500. The van der Waals surface area contributed by atoms with Crippen molar-refractivity contribution in [3.8, 4) is 0 Å². The van der Waals surface area contributed by atoms with Crippen LogP contribution in [-0.2, 0) is 20.0 Å². The first-order valence-electron chi connectivity index (χ1n) is 8.82. The Labute approximate surface area is 175 Å². The molecule has 0 bridgehead atoms. The van der Waals surface area contributed by atoms with Crippen LogP contribution in [0.1, 0.15) is 37.0 Å². The van der Waals surface area contributed by atoms with Crippen LogP contribution in [0.2, 0.25) is 0 Å². The monoisotopic (exact) mass is 492 g/mol. The number of hydrogen-bond acceptors (Lipinski definition) is 3. The molecular formula is C18H27F2IN6. The fourth-order valence-electron chi connectivity index (χ4n) is 2.35. The van der Waals surface area contributed by atoms with Gasteiger partial charge in [0.05, 0.1) is 0 Å². The lowest BCUT2D eigenvalue weighted by Gasteiger charge is -2.12. The largest absolute Gasteiger partial charge is 0.356 e. The number of unbranched alkanes of at least 4 members (excludes halogenated alkanes) is 1. The van der Waals surface area contributed by atoms with Gasteiger partial charge in [0.25, 0.3) is 0 Å². The summed E-state index contributed by atoms with van der Waals surface area (Å²) in [7, 11) is 1.89. The number of aryl methyl sites for hydroxylation is 1. The highest BCUT2D eigenvalue weighted by Crippen LogP contribution is 2.09. The van der Waals surface area contributed by atoms with E-state index in [1.54, 1.807) is 0 Å². The number of aliphatic imine (C=N–C) groups is 1. The molecule has 27 heavy (non-hydrogen) atoms. The Kier molecular flexibility index (Phi) is 10.2. The van der Waals surface area contributed by atoms with Gasteiger partial charge in [-0.15, -0.1) is 34.2 Å². The summed E-state index contributed by atoms with van der Waals surface area (Å²) in [5.74, 6) is 1.37. The fourth-order valence-corrected chi connectivity index (χ4v) is 2.35. The number of halogens is 3. The van der Waals surface area contributed by atoms with Gasteiger partial charge >= 0.3 is 0 Å². The Morgan fingerprint density at radius 3 is 2.59 bits per heavy atom. The first-order valence-corrected chi connectivity index (χ1v) is 8.82. The second-order valence-corrected chi connectivity index (χ2v) is 6.08. The molecule has 0 spiro atoms. The molecule has 1 aromatic carbocycles. The lowest BCUT2D eigenvalue weighted by atomic mass is 10.1. The van der Waals surface area contributed by atoms with Gasteiger partial charge in [0.2, 0.25) is 0 Å². The average molecular weight is 492 g/mol. The third kappa shape index (κ3) is 7.39. The quantitative estimate of drug-likeness (QED) is 0.257. The lowest BCUT2D eigenvalue weighted by molar-refractivity contribution is 0.582. The standard InChI is InChI=1S/C18H26F2N6.HI/c1-4-5-9-21-18(23-12-17-25-24-13(2)26(17)3)22-10-8-14-11-15(19)6-7-16(14)20;/h6-7,11H,4-5,8-10,12H2,1-3H3,(H2,21,22,23);1H. The van der Waals surface area contributed by atoms with Crippen LogP contribution in [0.3, 0.4) is 0 Å². The Morgan fingerprint density at radius 1 is 1.19 bits per heavy atom. The van der Waals surface area contributed by atoms with Gasteiger partial charge in [-0.05, 0) is 43.5 Å². The molecule has 2 aromatic rings. The smallest absolute Gasteiger partial charge is 0.191 e. The van der Waals surface area contributed by atoms with E-state index >= 15 is 0 Å². The van der Waals surface area contributed by atoms with Gasteiger partial charge in [-0.3, -0.25) is 0 Å². The van der Waals surface area contributed by atoms with Gasteiger partial charge in [-0.25, -0.2) is 13.8 Å². The second kappa shape index (κ2) is 11.8. The first kappa shape index (κ1) is 23.3. The van der Waals surface area contributed by atoms with Gasteiger partial charge in [-0.2, -0.15) is 0 Å². The van der Waals surface area contributed by atoms with E-state index in [0.717, 1.165) is 43.2 Å². The topological polar surface area (TPSA) is 67.1 Å². The van der Waals surface area contributed by atoms with Crippen molar-refractivity contribution in [2.45, 2.75) is 39.7 Å². The molecule has 0 saturated heterocycles. The molecule has 9 heteroatoms. The minimum Gasteiger partial charge on any atom is -0.356 e. The van der Waals surface area contributed by atoms with Crippen LogP contribution in [0, 0.1) is 18.6 Å². The van der Waals surface area contributed by atoms with Crippen molar-refractivity contribution in [2.75, 3.05) is 13.1 Å². The number of benzene rings is 1. The zero-order chi connectivity index (χ0) is 18.9. The number of aromatic nitrogens is 3. The molecule has 0 aliphatic rings. The van der Waals surface area contributed by atoms with Crippen molar-refractivity contribution in [3.05, 3.63) is 47.0 Å². The second-order valence-electron chi connectivity index (χ2n) is 6.08. The number of nitrogens with zero attached hydrogens (tertiary/aromatic N) is 4. The molecule has 0 unspecified atom stereocenters. The number of nitrogens with one attached hydrogen (secondary N) is 2. The van der Waals surface area contributed by atoms with Crippen LogP contribution >= 0.6 is 24.0 Å². The van der Waals surface area contributed by atoms with Gasteiger partial charge in [-0.1, -0.05) is 13.3 Å². The molecule has 0 fully saturated rings. The molecule has 2 rings (SSSR count). The molecule has 150 valence electrons. The molecule has 2 N–H and O–H groups in total. The maximum absolute atomic E-state index is 13.7. The predicted octanol–water partition coefficient (Wildman–Crippen LogP) is 3.10. The summed E-state index contributed by atoms with van der Waals surface area (Å²) in [5, 5.41) is 14.5. The molecule has 0 saturated carbocycles. The maximum atomic E-state index is 13.7. The van der Waals surface area contributed by atoms with Crippen LogP contribution in [-0.4, -0.2) is 33.8 Å². The van der Waals surface area contributed by atoms with E-state index in [9.17, 15) is 8.78 Å². The summed E-state index contributed by atoms with van der Waals surface area (Å²) in [6.07, 6.45) is 2.45. The average Bonchev–Trinajstić information content (AvgIpc) is 2.94. The Bertz CT molecular complexity index is 747. The molecule has 0 radical (unpaired) electrons. The van der Waals surface area contributed by atoms with E-state index in [1.807, 2.05) is 18.5 Å². The van der Waals surface area contributed by atoms with Crippen molar-refractivity contribution >= 4 is 29.9 Å². The van der Waals surface area contributed by atoms with Gasteiger partial charge in [0.15, 0.2) is 11.8 Å². The molecule has 1 aromatic heterocycles. The molecular weight excluding hydrogens is 465 g/mol. The van der Waals surface area contributed by atoms with Gasteiger partial charge < -0.3 is 15.2 Å². The van der Waals surface area contributed by atoms with Crippen LogP contribution in [0.4, 0.5) is 8.78 Å². The molecule has 0 atom stereocenters. The minimum absolute atomic E-state index is 0. The van der Waals surface area contributed by atoms with Crippen LogP contribution in [0.25, 0.3) is 0 Å². The zero-order valence-electron chi connectivity index (χ0n) is 15.9. The summed E-state index contributed by atoms with van der Waals surface area (Å²) >= 11 is 0. The number of guanidine groups is 1. The van der Waals surface area contributed by atoms with Crippen molar-refractivity contribution in [3.63, 3.8) is 0 Å². The highest BCUT2D eigenvalue weighted by atomic mass is 127. The first-order chi connectivity index (χ1) is 12.5. The Morgan fingerprint density at radius 2 is 1.93 bits per heavy atom. The summed E-state index contributed by atoms with van der Waals surface area (Å²) in [5.41, 5.74) is 0.342. The Balaban J connectivity index is 0.00000364. The highest BCUT2D eigenvalue weighted by Gasteiger charge is 2.07. The SMILES string of the molecule is CCCCNC(=NCc1nnc(C)n1C)NCCc1cc(F)ccc1F.I. The third-order valence-electron chi connectivity index (χ3n) is 4.08. The lowest BCUT2D eigenvalue weighted by Crippen LogP contribution is -2.39. The van der Waals surface area contributed by atoms with E-state index in [4.69, 9.17) is 0 Å². The van der Waals surface area contributed by atoms with E-state index in [1.165, 1.54) is 6.07 Å². The molecule has 1 heterocycles. The predicted molar refractivity (Wildman–Crippen MR) is 113 cm³/mol. The highest BCUT2D eigenvalue weighted by molar-refractivity contribution is 14.0. The summed E-state index contributed by atoms with van der Waals surface area (Å²) < 4.78 is 28.8. The van der Waals surface area contributed by atoms with Crippen molar-refractivity contribution in [1.82, 2.24) is 25.4 Å². The maximum Gasteiger partial charge on any atom is 0.191 e. The van der Waals surface area contributed by atoms with Crippen molar-refractivity contribution in [2.24, 2.45) is 12.0 Å². The zero-order valence-corrected chi connectivity index (χ0v) is 18.3. The molecule has 6 nitrogen and oxygen atoms in total. The van der Waals surface area contributed by atoms with E-state index in [-0.39, 0.29) is 24.0 Å². The number of rotatable bonds is 8. The third-order valence-corrected chi connectivity index (χ3v) is 4.08. The van der Waals surface area contributed by atoms with Crippen molar-refractivity contribution in [1.29, 1.82) is 0 Å². The molecule has 0 amide bonds. The van der Waals surface area contributed by atoms with E-state index in [2.05, 4.69) is 32.7 Å². The van der Waals surface area contributed by atoms with Crippen molar-refractivity contribution < 1.29 is 8.78 Å². The normalized spacial score (nSPS) is 11.2. The summed E-state index contributed by atoms with van der Waals surface area (Å²) in [6, 6.07) is 3.49. The van der Waals surface area contributed by atoms with Gasteiger partial charge in [0.1, 0.15) is 24.0 Å². The van der Waals surface area contributed by atoms with E-state index < -0.39 is 11.6 Å². The number of hydrogen-bond donors (Lipinski definition) is 2.